The molecule has 0 spiro atoms. The molecule has 1 fully saturated rings. The molecule has 1 atom stereocenters. The van der Waals surface area contributed by atoms with Crippen LogP contribution in [-0.2, 0) is 4.79 Å². The summed E-state index contributed by atoms with van der Waals surface area (Å²) in [7, 11) is 3.06. The lowest BCUT2D eigenvalue weighted by Crippen LogP contribution is -2.11. The second kappa shape index (κ2) is 6.96. The maximum absolute atomic E-state index is 12.6. The molecule has 1 N–H and O–H groups in total. The molecular formula is C16H13ClN2O3S2. The lowest BCUT2D eigenvalue weighted by atomic mass is 10.0. The molecular weight excluding hydrogens is 368 g/mol. The van der Waals surface area contributed by atoms with Gasteiger partial charge in [0.2, 0.25) is 0 Å². The predicted octanol–water partition coefficient (Wildman–Crippen LogP) is 4.23. The van der Waals surface area contributed by atoms with Gasteiger partial charge in [-0.15, -0.1) is 11.3 Å². The Bertz CT molecular complexity index is 834. The normalized spacial score (nSPS) is 19.1. The van der Waals surface area contributed by atoms with Crippen molar-refractivity contribution >= 4 is 51.6 Å². The molecule has 124 valence electrons. The Labute approximate surface area is 152 Å². The van der Waals surface area contributed by atoms with Crippen LogP contribution in [0.25, 0.3) is 6.08 Å². The molecule has 1 aromatic heterocycles. The van der Waals surface area contributed by atoms with Crippen LogP contribution < -0.4 is 9.47 Å². The third kappa shape index (κ3) is 3.07. The summed E-state index contributed by atoms with van der Waals surface area (Å²) in [6.07, 6.45) is 3.32. The molecule has 2 aromatic rings. The summed E-state index contributed by atoms with van der Waals surface area (Å²) >= 11 is 8.78. The predicted molar refractivity (Wildman–Crippen MR) is 97.7 cm³/mol. The first-order valence-electron chi connectivity index (χ1n) is 6.88. The van der Waals surface area contributed by atoms with Crippen LogP contribution in [0.15, 0.2) is 28.6 Å². The van der Waals surface area contributed by atoms with Crippen LogP contribution in [0.1, 0.15) is 16.5 Å². The van der Waals surface area contributed by atoms with Gasteiger partial charge < -0.3 is 9.47 Å². The van der Waals surface area contributed by atoms with Crippen molar-refractivity contribution in [3.8, 4) is 11.5 Å². The number of thioether (sulfide) groups is 1. The summed E-state index contributed by atoms with van der Waals surface area (Å²) < 4.78 is 10.5. The average Bonchev–Trinajstić information content (AvgIpc) is 3.17. The van der Waals surface area contributed by atoms with Crippen LogP contribution in [0.2, 0.25) is 5.02 Å². The standard InChI is InChI=1S/C16H13ClN2O3S2/c1-21-10-5-8(9(17)7-11(10)22-2)6-12-14(20)13(15(18)24-12)16-19-3-4-23-16/h3-7,13,18H,1-2H3/b12-6-,18-15?/t13-/m0/s1. The number of halogens is 1. The number of carbonyl (C=O) groups excluding carboxylic acids is 1. The minimum atomic E-state index is -0.611. The number of nitrogens with one attached hydrogen (secondary N) is 1. The monoisotopic (exact) mass is 380 g/mol. The van der Waals surface area contributed by atoms with Crippen LogP contribution in [0.5, 0.6) is 11.5 Å². The highest BCUT2D eigenvalue weighted by molar-refractivity contribution is 8.19. The number of carbonyl (C=O) groups is 1. The summed E-state index contributed by atoms with van der Waals surface area (Å²) in [5.74, 6) is 0.296. The van der Waals surface area contributed by atoms with Gasteiger partial charge in [0, 0.05) is 17.6 Å². The number of benzene rings is 1. The maximum atomic E-state index is 12.6. The number of allylic oxidation sites excluding steroid dienone is 1. The summed E-state index contributed by atoms with van der Waals surface area (Å²) in [4.78, 5) is 17.3. The lowest BCUT2D eigenvalue weighted by Gasteiger charge is -2.10. The highest BCUT2D eigenvalue weighted by Crippen LogP contribution is 2.42. The Morgan fingerprint density at radius 2 is 2.00 bits per heavy atom. The number of aromatic nitrogens is 1. The van der Waals surface area contributed by atoms with Gasteiger partial charge in [-0.25, -0.2) is 4.98 Å². The van der Waals surface area contributed by atoms with E-state index in [2.05, 4.69) is 4.98 Å². The van der Waals surface area contributed by atoms with E-state index in [0.29, 0.717) is 32.0 Å². The van der Waals surface area contributed by atoms with E-state index in [1.165, 1.54) is 25.6 Å². The SMILES string of the molecule is COc1cc(Cl)c(/C=C2\SC(=N)[C@@H](c3nccs3)C2=O)cc1OC. The molecule has 0 aliphatic carbocycles. The molecule has 1 aliphatic heterocycles. The number of nitrogens with zero attached hydrogens (tertiary/aromatic N) is 1. The number of hydrogen-bond donors (Lipinski definition) is 1. The number of Topliss-reactive ketones (excluding diaryl/α,β-unsaturated/α-hetero) is 1. The molecule has 0 unspecified atom stereocenters. The van der Waals surface area contributed by atoms with Gasteiger partial charge in [0.25, 0.3) is 0 Å². The molecule has 0 saturated carbocycles. The minimum Gasteiger partial charge on any atom is -0.493 e. The van der Waals surface area contributed by atoms with E-state index in [0.717, 1.165) is 11.8 Å². The second-order valence-electron chi connectivity index (χ2n) is 4.87. The molecule has 2 heterocycles. The van der Waals surface area contributed by atoms with E-state index in [4.69, 9.17) is 26.5 Å². The Morgan fingerprint density at radius 3 is 2.62 bits per heavy atom. The van der Waals surface area contributed by atoms with Crippen molar-refractivity contribution in [1.29, 1.82) is 5.41 Å². The van der Waals surface area contributed by atoms with Crippen LogP contribution in [0.3, 0.4) is 0 Å². The largest absolute Gasteiger partial charge is 0.493 e. The fraction of sp³-hybridized carbons (Fsp3) is 0.188. The van der Waals surface area contributed by atoms with Crippen molar-refractivity contribution in [1.82, 2.24) is 4.98 Å². The highest BCUT2D eigenvalue weighted by atomic mass is 35.5. The van der Waals surface area contributed by atoms with Gasteiger partial charge in [0.1, 0.15) is 10.9 Å². The van der Waals surface area contributed by atoms with E-state index in [1.807, 2.05) is 0 Å². The van der Waals surface area contributed by atoms with Crippen molar-refractivity contribution in [2.75, 3.05) is 14.2 Å². The van der Waals surface area contributed by atoms with E-state index in [1.54, 1.807) is 29.8 Å². The zero-order chi connectivity index (χ0) is 17.3. The quantitative estimate of drug-likeness (QED) is 0.803. The van der Waals surface area contributed by atoms with Gasteiger partial charge in [-0.3, -0.25) is 10.2 Å². The highest BCUT2D eigenvalue weighted by Gasteiger charge is 2.38. The molecule has 3 rings (SSSR count). The van der Waals surface area contributed by atoms with Gasteiger partial charge in [-0.05, 0) is 17.7 Å². The topological polar surface area (TPSA) is 72.3 Å². The van der Waals surface area contributed by atoms with Crippen molar-refractivity contribution in [3.05, 3.63) is 44.2 Å². The van der Waals surface area contributed by atoms with Gasteiger partial charge in [0.05, 0.1) is 29.2 Å². The van der Waals surface area contributed by atoms with E-state index in [9.17, 15) is 4.79 Å². The number of ether oxygens (including phenoxy) is 2. The van der Waals surface area contributed by atoms with Gasteiger partial charge >= 0.3 is 0 Å². The smallest absolute Gasteiger partial charge is 0.186 e. The minimum absolute atomic E-state index is 0.134. The average molecular weight is 381 g/mol. The Hall–Kier alpha value is -1.83. The zero-order valence-electron chi connectivity index (χ0n) is 12.8. The van der Waals surface area contributed by atoms with Crippen LogP contribution >= 0.6 is 34.7 Å². The Morgan fingerprint density at radius 1 is 1.29 bits per heavy atom. The molecule has 0 amide bonds. The molecule has 5 nitrogen and oxygen atoms in total. The van der Waals surface area contributed by atoms with Crippen LogP contribution in [0, 0.1) is 5.41 Å². The van der Waals surface area contributed by atoms with Gasteiger partial charge in [-0.1, -0.05) is 23.4 Å². The molecule has 0 bridgehead atoms. The van der Waals surface area contributed by atoms with Gasteiger partial charge in [-0.2, -0.15) is 0 Å². The van der Waals surface area contributed by atoms with E-state index in [-0.39, 0.29) is 10.8 Å². The summed E-state index contributed by atoms with van der Waals surface area (Å²) in [5.41, 5.74) is 0.637. The first-order chi connectivity index (χ1) is 11.5. The van der Waals surface area contributed by atoms with Crippen LogP contribution in [-0.4, -0.2) is 30.0 Å². The van der Waals surface area contributed by atoms with Crippen LogP contribution in [0.4, 0.5) is 0 Å². The molecule has 0 radical (unpaired) electrons. The number of rotatable bonds is 4. The molecule has 1 aliphatic rings. The van der Waals surface area contributed by atoms with E-state index >= 15 is 0 Å². The summed E-state index contributed by atoms with van der Waals surface area (Å²) in [5, 5.41) is 11.3. The molecule has 8 heteroatoms. The maximum Gasteiger partial charge on any atom is 0.186 e. The van der Waals surface area contributed by atoms with Crippen molar-refractivity contribution in [3.63, 3.8) is 0 Å². The number of hydrogen-bond acceptors (Lipinski definition) is 7. The number of ketones is 1. The number of thiazole rings is 1. The lowest BCUT2D eigenvalue weighted by molar-refractivity contribution is -0.114. The van der Waals surface area contributed by atoms with Crippen molar-refractivity contribution < 1.29 is 14.3 Å². The zero-order valence-corrected chi connectivity index (χ0v) is 15.2. The number of methoxy groups -OCH3 is 2. The third-order valence-electron chi connectivity index (χ3n) is 3.47. The third-order valence-corrected chi connectivity index (χ3v) is 5.64. The van der Waals surface area contributed by atoms with Gasteiger partial charge in [0.15, 0.2) is 17.3 Å². The van der Waals surface area contributed by atoms with E-state index < -0.39 is 5.92 Å². The summed E-state index contributed by atoms with van der Waals surface area (Å²) in [6.45, 7) is 0. The molecule has 1 saturated heterocycles. The fourth-order valence-corrected chi connectivity index (χ4v) is 4.32. The first-order valence-corrected chi connectivity index (χ1v) is 8.95. The Kier molecular flexibility index (Phi) is 4.93. The molecule has 1 aromatic carbocycles. The second-order valence-corrected chi connectivity index (χ2v) is 7.29. The summed E-state index contributed by atoms with van der Waals surface area (Å²) in [6, 6.07) is 3.35. The first kappa shape index (κ1) is 17.0. The molecule has 24 heavy (non-hydrogen) atoms. The fourth-order valence-electron chi connectivity index (χ4n) is 2.31. The Balaban J connectivity index is 1.98. The van der Waals surface area contributed by atoms with Crippen molar-refractivity contribution in [2.45, 2.75) is 5.92 Å². The van der Waals surface area contributed by atoms with Crippen molar-refractivity contribution in [2.24, 2.45) is 0 Å².